The molecule has 0 unspecified atom stereocenters. The average Bonchev–Trinajstić information content (AvgIpc) is 3.49. The Hall–Kier alpha value is -3.87. The smallest absolute Gasteiger partial charge is 0.416 e. The highest BCUT2D eigenvalue weighted by Crippen LogP contribution is 2.50. The Kier molecular flexibility index (Phi) is 6.40. The van der Waals surface area contributed by atoms with Crippen LogP contribution in [0.1, 0.15) is 47.2 Å². The third kappa shape index (κ3) is 5.03. The standard InChI is InChI=1S/C24H21F4N5O4/c25-19-11-13(24(26,27)28)1-4-18(19)23(7-8-23)22(35)29-14-2-3-16(17(12-14)20-30-32-33-31-20)21(34)37-15-5-9-36-10-6-15/h1-4,11-12,15H,5-10H2,(H,29,35)(H,30,31,32,33). The fraction of sp³-hybridized carbons (Fsp3) is 0.375. The number of benzene rings is 2. The monoisotopic (exact) mass is 519 g/mol. The zero-order valence-electron chi connectivity index (χ0n) is 19.3. The first-order valence-corrected chi connectivity index (χ1v) is 11.5. The molecule has 1 amide bonds. The number of hydrogen-bond donors (Lipinski definition) is 2. The largest absolute Gasteiger partial charge is 0.459 e. The minimum atomic E-state index is -4.70. The van der Waals surface area contributed by atoms with E-state index in [0.717, 1.165) is 12.1 Å². The maximum Gasteiger partial charge on any atom is 0.416 e. The van der Waals surface area contributed by atoms with Gasteiger partial charge in [-0.1, -0.05) is 6.07 Å². The second-order valence-corrected chi connectivity index (χ2v) is 8.96. The number of amides is 1. The first-order valence-electron chi connectivity index (χ1n) is 11.5. The molecule has 1 saturated carbocycles. The summed E-state index contributed by atoms with van der Waals surface area (Å²) in [6, 6.07) is 6.57. The minimum absolute atomic E-state index is 0.102. The number of carbonyl (C=O) groups excluding carboxylic acids is 2. The van der Waals surface area contributed by atoms with Gasteiger partial charge in [0.15, 0.2) is 5.82 Å². The summed E-state index contributed by atoms with van der Waals surface area (Å²) in [7, 11) is 0. The van der Waals surface area contributed by atoms with Crippen LogP contribution in [0.4, 0.5) is 23.2 Å². The second kappa shape index (κ2) is 9.54. The Morgan fingerprint density at radius 1 is 1.11 bits per heavy atom. The number of ether oxygens (including phenoxy) is 2. The molecule has 3 aromatic rings. The zero-order chi connectivity index (χ0) is 26.2. The summed E-state index contributed by atoms with van der Waals surface area (Å²) in [5.41, 5.74) is -1.82. The molecule has 0 spiro atoms. The molecule has 1 aliphatic heterocycles. The summed E-state index contributed by atoms with van der Waals surface area (Å²) in [6.07, 6.45) is -3.30. The number of esters is 1. The predicted octanol–water partition coefficient (Wildman–Crippen LogP) is 4.03. The lowest BCUT2D eigenvalue weighted by atomic mass is 9.93. The summed E-state index contributed by atoms with van der Waals surface area (Å²) < 4.78 is 64.3. The number of aromatic amines is 1. The third-order valence-corrected chi connectivity index (χ3v) is 6.54. The van der Waals surface area contributed by atoms with E-state index in [1.54, 1.807) is 0 Å². The Balaban J connectivity index is 1.39. The van der Waals surface area contributed by atoms with Crippen LogP contribution in [-0.4, -0.2) is 51.8 Å². The van der Waals surface area contributed by atoms with E-state index in [9.17, 15) is 27.2 Å². The number of nitrogens with one attached hydrogen (secondary N) is 2. The van der Waals surface area contributed by atoms with Crippen molar-refractivity contribution >= 4 is 17.6 Å². The lowest BCUT2D eigenvalue weighted by Crippen LogP contribution is -2.29. The topological polar surface area (TPSA) is 119 Å². The molecule has 2 aromatic carbocycles. The number of aromatic nitrogens is 4. The fourth-order valence-electron chi connectivity index (χ4n) is 4.35. The van der Waals surface area contributed by atoms with E-state index < -0.39 is 34.8 Å². The average molecular weight is 519 g/mol. The van der Waals surface area contributed by atoms with Gasteiger partial charge in [-0.25, -0.2) is 14.3 Å². The molecule has 2 fully saturated rings. The molecular formula is C24H21F4N5O4. The molecule has 2 heterocycles. The van der Waals surface area contributed by atoms with Crippen molar-refractivity contribution in [2.45, 2.75) is 43.4 Å². The number of rotatable bonds is 6. The zero-order valence-corrected chi connectivity index (χ0v) is 19.3. The number of alkyl halides is 3. The number of anilines is 1. The van der Waals surface area contributed by atoms with Gasteiger partial charge in [-0.05, 0) is 53.6 Å². The fourth-order valence-corrected chi connectivity index (χ4v) is 4.35. The van der Waals surface area contributed by atoms with Crippen LogP contribution in [0.5, 0.6) is 0 Å². The molecule has 0 radical (unpaired) electrons. The van der Waals surface area contributed by atoms with Crippen LogP contribution >= 0.6 is 0 Å². The van der Waals surface area contributed by atoms with Crippen LogP contribution in [0.2, 0.25) is 0 Å². The van der Waals surface area contributed by atoms with Gasteiger partial charge in [0.2, 0.25) is 5.91 Å². The first-order chi connectivity index (χ1) is 17.7. The van der Waals surface area contributed by atoms with Gasteiger partial charge in [0.05, 0.1) is 29.8 Å². The van der Waals surface area contributed by atoms with E-state index in [2.05, 4.69) is 25.9 Å². The summed E-state index contributed by atoms with van der Waals surface area (Å²) >= 11 is 0. The van der Waals surface area contributed by atoms with E-state index in [-0.39, 0.29) is 47.1 Å². The highest BCUT2D eigenvalue weighted by atomic mass is 19.4. The van der Waals surface area contributed by atoms with E-state index >= 15 is 0 Å². The van der Waals surface area contributed by atoms with Crippen molar-refractivity contribution in [2.24, 2.45) is 0 Å². The van der Waals surface area contributed by atoms with Gasteiger partial charge in [0.25, 0.3) is 0 Å². The third-order valence-electron chi connectivity index (χ3n) is 6.54. The van der Waals surface area contributed by atoms with Crippen molar-refractivity contribution in [3.63, 3.8) is 0 Å². The Labute approximate surface area is 207 Å². The molecule has 0 atom stereocenters. The van der Waals surface area contributed by atoms with Gasteiger partial charge >= 0.3 is 12.1 Å². The van der Waals surface area contributed by atoms with Gasteiger partial charge in [0, 0.05) is 29.7 Å². The predicted molar refractivity (Wildman–Crippen MR) is 120 cm³/mol. The van der Waals surface area contributed by atoms with Crippen LogP contribution in [0.25, 0.3) is 11.4 Å². The molecule has 1 aliphatic carbocycles. The summed E-state index contributed by atoms with van der Waals surface area (Å²) in [5, 5.41) is 16.2. The number of nitrogens with zero attached hydrogens (tertiary/aromatic N) is 3. The summed E-state index contributed by atoms with van der Waals surface area (Å²) in [5.74, 6) is -2.11. The normalized spacial score (nSPS) is 17.3. The number of tetrazole rings is 1. The van der Waals surface area contributed by atoms with Gasteiger partial charge in [-0.3, -0.25) is 4.79 Å². The molecule has 13 heteroatoms. The Bertz CT molecular complexity index is 1320. The first kappa shape index (κ1) is 24.8. The van der Waals surface area contributed by atoms with Crippen LogP contribution in [0.3, 0.4) is 0 Å². The SMILES string of the molecule is O=C(OC1CCOCC1)c1ccc(NC(=O)C2(c3ccc(C(F)(F)F)cc3F)CC2)cc1-c1nnn[nH]1. The number of carbonyl (C=O) groups is 2. The molecule has 2 N–H and O–H groups in total. The molecular weight excluding hydrogens is 498 g/mol. The van der Waals surface area contributed by atoms with Gasteiger partial charge in [-0.15, -0.1) is 5.10 Å². The molecule has 194 valence electrons. The van der Waals surface area contributed by atoms with Crippen LogP contribution in [0.15, 0.2) is 36.4 Å². The summed E-state index contributed by atoms with van der Waals surface area (Å²) in [4.78, 5) is 26.1. The molecule has 9 nitrogen and oxygen atoms in total. The van der Waals surface area contributed by atoms with E-state index in [4.69, 9.17) is 9.47 Å². The Morgan fingerprint density at radius 2 is 1.86 bits per heavy atom. The van der Waals surface area contributed by atoms with E-state index in [1.807, 2.05) is 0 Å². The number of hydrogen-bond acceptors (Lipinski definition) is 7. The lowest BCUT2D eigenvalue weighted by Gasteiger charge is -2.22. The van der Waals surface area contributed by atoms with Crippen molar-refractivity contribution in [1.29, 1.82) is 0 Å². The van der Waals surface area contributed by atoms with Gasteiger partial charge in [-0.2, -0.15) is 13.2 Å². The highest BCUT2D eigenvalue weighted by Gasteiger charge is 2.53. The van der Waals surface area contributed by atoms with Crippen LogP contribution in [-0.2, 0) is 25.9 Å². The highest BCUT2D eigenvalue weighted by molar-refractivity contribution is 6.03. The maximum absolute atomic E-state index is 14.6. The van der Waals surface area contributed by atoms with Crippen molar-refractivity contribution in [3.05, 3.63) is 58.9 Å². The van der Waals surface area contributed by atoms with Gasteiger partial charge in [0.1, 0.15) is 11.9 Å². The lowest BCUT2D eigenvalue weighted by molar-refractivity contribution is -0.137. The second-order valence-electron chi connectivity index (χ2n) is 8.96. The molecule has 1 saturated heterocycles. The van der Waals surface area contributed by atoms with Crippen LogP contribution in [0, 0.1) is 5.82 Å². The van der Waals surface area contributed by atoms with E-state index in [1.165, 1.54) is 18.2 Å². The molecule has 2 aliphatic rings. The molecule has 0 bridgehead atoms. The van der Waals surface area contributed by atoms with Gasteiger partial charge < -0.3 is 14.8 Å². The quantitative estimate of drug-likeness (QED) is 0.373. The molecule has 5 rings (SSSR count). The minimum Gasteiger partial charge on any atom is -0.459 e. The number of H-pyrrole nitrogens is 1. The maximum atomic E-state index is 14.6. The van der Waals surface area contributed by atoms with Crippen molar-refractivity contribution in [2.75, 3.05) is 18.5 Å². The number of halogens is 4. The van der Waals surface area contributed by atoms with Crippen molar-refractivity contribution in [1.82, 2.24) is 20.6 Å². The summed E-state index contributed by atoms with van der Waals surface area (Å²) in [6.45, 7) is 0.978. The van der Waals surface area contributed by atoms with Crippen molar-refractivity contribution in [3.8, 4) is 11.4 Å². The van der Waals surface area contributed by atoms with Crippen molar-refractivity contribution < 1.29 is 36.6 Å². The Morgan fingerprint density at radius 3 is 2.49 bits per heavy atom. The molecule has 1 aromatic heterocycles. The van der Waals surface area contributed by atoms with E-state index in [0.29, 0.717) is 32.1 Å². The van der Waals surface area contributed by atoms with Crippen LogP contribution < -0.4 is 5.32 Å². The molecule has 37 heavy (non-hydrogen) atoms.